The van der Waals surface area contributed by atoms with E-state index in [1.165, 1.54) is 25.7 Å². The van der Waals surface area contributed by atoms with Gasteiger partial charge in [0.2, 0.25) is 0 Å². The smallest absolute Gasteiger partial charge is 0.0136 e. The summed E-state index contributed by atoms with van der Waals surface area (Å²) in [7, 11) is 0. The van der Waals surface area contributed by atoms with Gasteiger partial charge < -0.3 is 0 Å². The molecular formula is C14H22. The molecule has 0 heteroatoms. The normalized spacial score (nSPS) is 40.1. The molecule has 4 atom stereocenters. The summed E-state index contributed by atoms with van der Waals surface area (Å²) in [5.74, 6) is 3.59. The van der Waals surface area contributed by atoms with Crippen molar-refractivity contribution in [2.45, 2.75) is 39.5 Å². The predicted octanol–water partition coefficient (Wildman–Crippen LogP) is 4.19. The van der Waals surface area contributed by atoms with E-state index in [2.05, 4.69) is 38.2 Å². The summed E-state index contributed by atoms with van der Waals surface area (Å²) in [6.45, 7) is 4.72. The van der Waals surface area contributed by atoms with E-state index in [9.17, 15) is 0 Å². The van der Waals surface area contributed by atoms with Crippen LogP contribution < -0.4 is 0 Å². The standard InChI is InChI=1S/C14H22/c1-3-4-7-12-10-11(2)13-8-5-6-9-14(12)13/h5-6,8-9,11-14H,3-4,7,10H2,1-2H3. The van der Waals surface area contributed by atoms with Crippen LogP contribution in [0.15, 0.2) is 24.3 Å². The number of rotatable bonds is 3. The first-order valence-electron chi connectivity index (χ1n) is 6.18. The first-order chi connectivity index (χ1) is 6.83. The van der Waals surface area contributed by atoms with Gasteiger partial charge in [0.05, 0.1) is 0 Å². The van der Waals surface area contributed by atoms with Crippen LogP contribution in [0.25, 0.3) is 0 Å². The first-order valence-corrected chi connectivity index (χ1v) is 6.18. The Bertz CT molecular complexity index is 236. The summed E-state index contributed by atoms with van der Waals surface area (Å²) in [4.78, 5) is 0. The zero-order chi connectivity index (χ0) is 9.97. The molecule has 0 nitrogen and oxygen atoms in total. The molecule has 0 spiro atoms. The van der Waals surface area contributed by atoms with E-state index in [4.69, 9.17) is 0 Å². The second-order valence-corrected chi connectivity index (χ2v) is 5.04. The lowest BCUT2D eigenvalue weighted by Gasteiger charge is -2.22. The van der Waals surface area contributed by atoms with E-state index >= 15 is 0 Å². The van der Waals surface area contributed by atoms with Gasteiger partial charge >= 0.3 is 0 Å². The van der Waals surface area contributed by atoms with Gasteiger partial charge in [-0.05, 0) is 36.5 Å². The highest BCUT2D eigenvalue weighted by Gasteiger charge is 2.37. The molecule has 2 aliphatic rings. The number of hydrogen-bond donors (Lipinski definition) is 0. The monoisotopic (exact) mass is 190 g/mol. The quantitative estimate of drug-likeness (QED) is 0.626. The van der Waals surface area contributed by atoms with E-state index in [1.54, 1.807) is 0 Å². The third-order valence-electron chi connectivity index (χ3n) is 4.03. The van der Waals surface area contributed by atoms with Crippen molar-refractivity contribution in [2.75, 3.05) is 0 Å². The lowest BCUT2D eigenvalue weighted by atomic mass is 9.83. The van der Waals surface area contributed by atoms with E-state index in [0.29, 0.717) is 0 Å². The fraction of sp³-hybridized carbons (Fsp3) is 0.714. The Hall–Kier alpha value is -0.520. The molecule has 78 valence electrons. The van der Waals surface area contributed by atoms with Gasteiger partial charge in [-0.2, -0.15) is 0 Å². The maximum atomic E-state index is 2.45. The molecule has 2 aliphatic carbocycles. The molecule has 0 N–H and O–H groups in total. The van der Waals surface area contributed by atoms with Crippen LogP contribution in [0.2, 0.25) is 0 Å². The largest absolute Gasteiger partial charge is 0.0806 e. The van der Waals surface area contributed by atoms with Crippen molar-refractivity contribution in [1.29, 1.82) is 0 Å². The minimum Gasteiger partial charge on any atom is -0.0806 e. The van der Waals surface area contributed by atoms with Gasteiger partial charge in [-0.1, -0.05) is 51.0 Å². The van der Waals surface area contributed by atoms with Gasteiger partial charge in [-0.15, -0.1) is 0 Å². The van der Waals surface area contributed by atoms with Gasteiger partial charge in [0, 0.05) is 0 Å². The van der Waals surface area contributed by atoms with Crippen molar-refractivity contribution in [2.24, 2.45) is 23.7 Å². The SMILES string of the molecule is CCCCC1CC(C)C2C=CC=CC12. The lowest BCUT2D eigenvalue weighted by Crippen LogP contribution is -2.14. The molecule has 0 aromatic rings. The summed E-state index contributed by atoms with van der Waals surface area (Å²) in [6, 6.07) is 0. The average molecular weight is 190 g/mol. The average Bonchev–Trinajstić information content (AvgIpc) is 2.54. The molecule has 0 bridgehead atoms. The van der Waals surface area contributed by atoms with Gasteiger partial charge in [0.15, 0.2) is 0 Å². The summed E-state index contributed by atoms with van der Waals surface area (Å²) in [5.41, 5.74) is 0. The highest BCUT2D eigenvalue weighted by molar-refractivity contribution is 5.18. The maximum absolute atomic E-state index is 2.45. The molecule has 0 aromatic carbocycles. The summed E-state index contributed by atoms with van der Waals surface area (Å²) in [6.07, 6.45) is 15.0. The van der Waals surface area contributed by atoms with Crippen molar-refractivity contribution in [3.63, 3.8) is 0 Å². The van der Waals surface area contributed by atoms with Crippen molar-refractivity contribution >= 4 is 0 Å². The number of fused-ring (bicyclic) bond motifs is 1. The van der Waals surface area contributed by atoms with Gasteiger partial charge in [-0.25, -0.2) is 0 Å². The van der Waals surface area contributed by atoms with Crippen LogP contribution in [0.5, 0.6) is 0 Å². The molecule has 14 heavy (non-hydrogen) atoms. The summed E-state index contributed by atoms with van der Waals surface area (Å²) >= 11 is 0. The molecule has 0 aromatic heterocycles. The minimum atomic E-state index is 0.849. The Morgan fingerprint density at radius 1 is 1.14 bits per heavy atom. The summed E-state index contributed by atoms with van der Waals surface area (Å²) < 4.78 is 0. The number of hydrogen-bond acceptors (Lipinski definition) is 0. The van der Waals surface area contributed by atoms with Gasteiger partial charge in [-0.3, -0.25) is 0 Å². The summed E-state index contributed by atoms with van der Waals surface area (Å²) in [5, 5.41) is 0. The van der Waals surface area contributed by atoms with Crippen LogP contribution in [0, 0.1) is 23.7 Å². The topological polar surface area (TPSA) is 0 Å². The second-order valence-electron chi connectivity index (χ2n) is 5.04. The van der Waals surface area contributed by atoms with E-state index in [1.807, 2.05) is 0 Å². The van der Waals surface area contributed by atoms with Crippen LogP contribution in [0.1, 0.15) is 39.5 Å². The molecule has 0 amide bonds. The Kier molecular flexibility index (Phi) is 3.10. The maximum Gasteiger partial charge on any atom is -0.0136 e. The Morgan fingerprint density at radius 2 is 1.86 bits per heavy atom. The van der Waals surface area contributed by atoms with Crippen LogP contribution in [0.4, 0.5) is 0 Å². The third kappa shape index (κ3) is 1.80. The van der Waals surface area contributed by atoms with Crippen LogP contribution >= 0.6 is 0 Å². The predicted molar refractivity (Wildman–Crippen MR) is 62.1 cm³/mol. The Labute approximate surface area is 88.1 Å². The highest BCUT2D eigenvalue weighted by Crippen LogP contribution is 2.46. The molecule has 0 saturated heterocycles. The fourth-order valence-corrected chi connectivity index (χ4v) is 3.25. The third-order valence-corrected chi connectivity index (χ3v) is 4.03. The van der Waals surface area contributed by atoms with Crippen LogP contribution in [-0.2, 0) is 0 Å². The fourth-order valence-electron chi connectivity index (χ4n) is 3.25. The van der Waals surface area contributed by atoms with Crippen molar-refractivity contribution in [3.8, 4) is 0 Å². The molecule has 1 saturated carbocycles. The van der Waals surface area contributed by atoms with E-state index < -0.39 is 0 Å². The molecule has 2 rings (SSSR count). The van der Waals surface area contributed by atoms with Gasteiger partial charge in [0.25, 0.3) is 0 Å². The molecule has 1 fully saturated rings. The Morgan fingerprint density at radius 3 is 2.57 bits per heavy atom. The second kappa shape index (κ2) is 4.33. The van der Waals surface area contributed by atoms with E-state index in [0.717, 1.165) is 23.7 Å². The zero-order valence-electron chi connectivity index (χ0n) is 9.45. The zero-order valence-corrected chi connectivity index (χ0v) is 9.45. The molecule has 0 aliphatic heterocycles. The Balaban J connectivity index is 2.00. The van der Waals surface area contributed by atoms with Crippen molar-refractivity contribution in [3.05, 3.63) is 24.3 Å². The van der Waals surface area contributed by atoms with Crippen LogP contribution in [0.3, 0.4) is 0 Å². The van der Waals surface area contributed by atoms with Crippen LogP contribution in [-0.4, -0.2) is 0 Å². The molecule has 0 radical (unpaired) electrons. The van der Waals surface area contributed by atoms with Crippen molar-refractivity contribution in [1.82, 2.24) is 0 Å². The minimum absolute atomic E-state index is 0.849. The number of unbranched alkanes of at least 4 members (excludes halogenated alkanes) is 1. The van der Waals surface area contributed by atoms with E-state index in [-0.39, 0.29) is 0 Å². The molecule has 4 unspecified atom stereocenters. The van der Waals surface area contributed by atoms with Crippen molar-refractivity contribution < 1.29 is 0 Å². The molecule has 0 heterocycles. The first kappa shape index (κ1) is 10.0. The number of allylic oxidation sites excluding steroid dienone is 4. The van der Waals surface area contributed by atoms with Gasteiger partial charge in [0.1, 0.15) is 0 Å². The highest BCUT2D eigenvalue weighted by atomic mass is 14.4. The lowest BCUT2D eigenvalue weighted by molar-refractivity contribution is 0.380. The molecular weight excluding hydrogens is 168 g/mol.